The maximum absolute atomic E-state index is 12.2. The van der Waals surface area contributed by atoms with E-state index < -0.39 is 17.9 Å². The van der Waals surface area contributed by atoms with Gasteiger partial charge in [0.2, 0.25) is 0 Å². The van der Waals surface area contributed by atoms with E-state index >= 15 is 0 Å². The summed E-state index contributed by atoms with van der Waals surface area (Å²) in [5, 5.41) is 19.6. The molecule has 1 atom stereocenters. The van der Waals surface area contributed by atoms with Crippen LogP contribution < -0.4 is 5.32 Å². The molecule has 0 saturated heterocycles. The Morgan fingerprint density at radius 1 is 1.52 bits per heavy atom. The summed E-state index contributed by atoms with van der Waals surface area (Å²) in [5.41, 5.74) is 1.00. The lowest BCUT2D eigenvalue weighted by atomic mass is 10.1. The third-order valence-corrected chi connectivity index (χ3v) is 3.60. The van der Waals surface area contributed by atoms with Crippen molar-refractivity contribution in [1.29, 1.82) is 0 Å². The molecular formula is C12H15N5O3S. The number of aromatic nitrogens is 4. The van der Waals surface area contributed by atoms with Crippen LogP contribution in [0.5, 0.6) is 0 Å². The van der Waals surface area contributed by atoms with Crippen LogP contribution in [0.25, 0.3) is 0 Å². The standard InChI is InChI=1S/C12H15N5O3S/c1-3-4-8-10(21-16-15-8)11(18)14-9(12(19)20)7-5-13-17(2)6-7/h5-6,9H,3-4H2,1-2H3,(H,14,18)(H,19,20). The van der Waals surface area contributed by atoms with Gasteiger partial charge in [-0.05, 0) is 18.0 Å². The summed E-state index contributed by atoms with van der Waals surface area (Å²) in [6, 6.07) is -1.15. The molecule has 2 aromatic rings. The van der Waals surface area contributed by atoms with Crippen molar-refractivity contribution in [3.05, 3.63) is 28.5 Å². The van der Waals surface area contributed by atoms with Crippen LogP contribution >= 0.6 is 11.5 Å². The minimum atomic E-state index is -1.15. The number of carbonyl (C=O) groups excluding carboxylic acids is 1. The van der Waals surface area contributed by atoms with E-state index in [2.05, 4.69) is 20.0 Å². The van der Waals surface area contributed by atoms with Gasteiger partial charge < -0.3 is 10.4 Å². The van der Waals surface area contributed by atoms with Gasteiger partial charge in [0.1, 0.15) is 4.88 Å². The minimum absolute atomic E-state index is 0.354. The molecule has 0 fully saturated rings. The van der Waals surface area contributed by atoms with Crippen molar-refractivity contribution < 1.29 is 14.7 Å². The molecule has 112 valence electrons. The highest BCUT2D eigenvalue weighted by molar-refractivity contribution is 7.08. The number of rotatable bonds is 6. The summed E-state index contributed by atoms with van der Waals surface area (Å²) in [6.07, 6.45) is 4.43. The number of nitrogens with zero attached hydrogens (tertiary/aromatic N) is 4. The first-order chi connectivity index (χ1) is 10.0. The van der Waals surface area contributed by atoms with Crippen molar-refractivity contribution in [2.45, 2.75) is 25.8 Å². The van der Waals surface area contributed by atoms with E-state index in [0.717, 1.165) is 18.0 Å². The molecule has 2 N–H and O–H groups in total. The maximum Gasteiger partial charge on any atom is 0.331 e. The van der Waals surface area contributed by atoms with E-state index in [1.165, 1.54) is 10.9 Å². The van der Waals surface area contributed by atoms with Gasteiger partial charge in [-0.1, -0.05) is 17.8 Å². The molecule has 2 rings (SSSR count). The van der Waals surface area contributed by atoms with Crippen molar-refractivity contribution >= 4 is 23.4 Å². The minimum Gasteiger partial charge on any atom is -0.479 e. The number of carboxylic acids is 1. The molecule has 1 unspecified atom stereocenters. The Hall–Kier alpha value is -2.29. The Bertz CT molecular complexity index is 651. The monoisotopic (exact) mass is 309 g/mol. The van der Waals surface area contributed by atoms with Gasteiger partial charge in [-0.25, -0.2) is 4.79 Å². The zero-order valence-electron chi connectivity index (χ0n) is 11.6. The zero-order chi connectivity index (χ0) is 15.4. The summed E-state index contributed by atoms with van der Waals surface area (Å²) >= 11 is 0.965. The average Bonchev–Trinajstić information content (AvgIpc) is 3.05. The van der Waals surface area contributed by atoms with Gasteiger partial charge in [0.15, 0.2) is 6.04 Å². The number of carbonyl (C=O) groups is 2. The Balaban J connectivity index is 2.19. The van der Waals surface area contributed by atoms with Crippen molar-refractivity contribution in [3.8, 4) is 0 Å². The molecule has 0 spiro atoms. The molecule has 0 radical (unpaired) electrons. The Morgan fingerprint density at radius 3 is 2.86 bits per heavy atom. The van der Waals surface area contributed by atoms with Crippen LogP contribution in [0.3, 0.4) is 0 Å². The zero-order valence-corrected chi connectivity index (χ0v) is 12.4. The third-order valence-electron chi connectivity index (χ3n) is 2.83. The lowest BCUT2D eigenvalue weighted by Crippen LogP contribution is -2.33. The van der Waals surface area contributed by atoms with Crippen LogP contribution in [0.4, 0.5) is 0 Å². The molecule has 0 aliphatic rings. The molecule has 2 heterocycles. The molecule has 0 saturated carbocycles. The number of carboxylic acid groups (broad SMARTS) is 1. The second-order valence-corrected chi connectivity index (χ2v) is 5.24. The van der Waals surface area contributed by atoms with Crippen LogP contribution in [-0.2, 0) is 18.3 Å². The van der Waals surface area contributed by atoms with Crippen molar-refractivity contribution in [1.82, 2.24) is 24.7 Å². The summed E-state index contributed by atoms with van der Waals surface area (Å²) in [5.74, 6) is -1.63. The van der Waals surface area contributed by atoms with Crippen LogP contribution in [0, 0.1) is 0 Å². The second-order valence-electron chi connectivity index (χ2n) is 4.49. The molecule has 0 aliphatic carbocycles. The lowest BCUT2D eigenvalue weighted by Gasteiger charge is -2.12. The molecule has 0 aliphatic heterocycles. The topological polar surface area (TPSA) is 110 Å². The molecule has 21 heavy (non-hydrogen) atoms. The van der Waals surface area contributed by atoms with Crippen LogP contribution in [0.1, 0.15) is 40.3 Å². The first-order valence-corrected chi connectivity index (χ1v) is 7.13. The lowest BCUT2D eigenvalue weighted by molar-refractivity contribution is -0.139. The van der Waals surface area contributed by atoms with E-state index in [9.17, 15) is 14.7 Å². The van der Waals surface area contributed by atoms with Gasteiger partial charge in [0, 0.05) is 18.8 Å². The Morgan fingerprint density at radius 2 is 2.29 bits per heavy atom. The number of aliphatic carboxylic acids is 1. The van der Waals surface area contributed by atoms with Gasteiger partial charge in [0.05, 0.1) is 11.9 Å². The predicted molar refractivity (Wildman–Crippen MR) is 75.0 cm³/mol. The molecular weight excluding hydrogens is 294 g/mol. The molecule has 1 amide bonds. The number of aryl methyl sites for hydroxylation is 2. The van der Waals surface area contributed by atoms with Gasteiger partial charge >= 0.3 is 5.97 Å². The van der Waals surface area contributed by atoms with Crippen LogP contribution in [0.15, 0.2) is 12.4 Å². The van der Waals surface area contributed by atoms with Crippen molar-refractivity contribution in [2.24, 2.45) is 7.05 Å². The van der Waals surface area contributed by atoms with Gasteiger partial charge in [-0.3, -0.25) is 9.48 Å². The van der Waals surface area contributed by atoms with Gasteiger partial charge in [-0.2, -0.15) is 5.10 Å². The molecule has 0 aromatic carbocycles. The maximum atomic E-state index is 12.2. The Kier molecular flexibility index (Phi) is 4.63. The number of nitrogens with one attached hydrogen (secondary N) is 1. The van der Waals surface area contributed by atoms with Gasteiger partial charge in [-0.15, -0.1) is 5.10 Å². The predicted octanol–water partition coefficient (Wildman–Crippen LogP) is 0.780. The molecule has 8 nitrogen and oxygen atoms in total. The normalized spacial score (nSPS) is 12.1. The van der Waals surface area contributed by atoms with E-state index in [1.54, 1.807) is 13.2 Å². The quantitative estimate of drug-likeness (QED) is 0.816. The number of hydrogen-bond acceptors (Lipinski definition) is 6. The highest BCUT2D eigenvalue weighted by Gasteiger charge is 2.26. The fourth-order valence-corrected chi connectivity index (χ4v) is 2.47. The van der Waals surface area contributed by atoms with Crippen LogP contribution in [0.2, 0.25) is 0 Å². The molecule has 2 aromatic heterocycles. The summed E-state index contributed by atoms with van der Waals surface area (Å²) in [4.78, 5) is 23.9. The number of amides is 1. The summed E-state index contributed by atoms with van der Waals surface area (Å²) < 4.78 is 5.24. The first-order valence-electron chi connectivity index (χ1n) is 6.36. The van der Waals surface area contributed by atoms with Crippen molar-refractivity contribution in [3.63, 3.8) is 0 Å². The second kappa shape index (κ2) is 6.44. The van der Waals surface area contributed by atoms with E-state index in [1.807, 2.05) is 6.92 Å². The smallest absolute Gasteiger partial charge is 0.331 e. The largest absolute Gasteiger partial charge is 0.479 e. The third kappa shape index (κ3) is 3.43. The number of hydrogen-bond donors (Lipinski definition) is 2. The summed E-state index contributed by atoms with van der Waals surface area (Å²) in [7, 11) is 1.68. The highest BCUT2D eigenvalue weighted by atomic mass is 32.1. The van der Waals surface area contributed by atoms with E-state index in [-0.39, 0.29) is 0 Å². The highest BCUT2D eigenvalue weighted by Crippen LogP contribution is 2.17. The fourth-order valence-electron chi connectivity index (χ4n) is 1.85. The molecule has 9 heteroatoms. The average molecular weight is 309 g/mol. The SMILES string of the molecule is CCCc1nnsc1C(=O)NC(C(=O)O)c1cnn(C)c1. The molecule has 0 bridgehead atoms. The van der Waals surface area contributed by atoms with Crippen molar-refractivity contribution in [2.75, 3.05) is 0 Å². The summed E-state index contributed by atoms with van der Waals surface area (Å²) in [6.45, 7) is 1.97. The van der Waals surface area contributed by atoms with E-state index in [4.69, 9.17) is 0 Å². The van der Waals surface area contributed by atoms with Crippen LogP contribution in [-0.4, -0.2) is 36.4 Å². The Labute approximate surface area is 125 Å². The first kappa shape index (κ1) is 15.1. The fraction of sp³-hybridized carbons (Fsp3) is 0.417. The van der Waals surface area contributed by atoms with Gasteiger partial charge in [0.25, 0.3) is 5.91 Å². The van der Waals surface area contributed by atoms with E-state index in [0.29, 0.717) is 22.6 Å².